The fraction of sp³-hybridized carbons (Fsp3) is 0.562. The van der Waals surface area contributed by atoms with Gasteiger partial charge in [0.1, 0.15) is 19.0 Å². The van der Waals surface area contributed by atoms with Gasteiger partial charge in [-0.1, -0.05) is 12.1 Å². The molecule has 128 valence electrons. The van der Waals surface area contributed by atoms with Crippen molar-refractivity contribution in [3.63, 3.8) is 0 Å². The number of ether oxygens (including phenoxy) is 1. The molecule has 1 amide bonds. The standard InChI is InChI=1S/C16H19F4NO2/c17-13-5-1-11(2-6-13)12-3-7-14(8-4-12)21-15(22)9-23-10-16(18,19)20/h1-2,5-6,12,14H,3-4,7-10H2,(H,21,22). The Labute approximate surface area is 132 Å². The second-order valence-electron chi connectivity index (χ2n) is 5.78. The van der Waals surface area contributed by atoms with Crippen LogP contribution in [0.4, 0.5) is 17.6 Å². The molecule has 3 nitrogen and oxygen atoms in total. The number of amides is 1. The quantitative estimate of drug-likeness (QED) is 0.837. The van der Waals surface area contributed by atoms with Crippen molar-refractivity contribution in [3.8, 4) is 0 Å². The lowest BCUT2D eigenvalue weighted by atomic mass is 9.82. The first-order valence-electron chi connectivity index (χ1n) is 7.53. The highest BCUT2D eigenvalue weighted by molar-refractivity contribution is 5.77. The summed E-state index contributed by atoms with van der Waals surface area (Å²) in [6, 6.07) is 6.35. The summed E-state index contributed by atoms with van der Waals surface area (Å²) in [5, 5.41) is 2.69. The van der Waals surface area contributed by atoms with Gasteiger partial charge in [-0.25, -0.2) is 4.39 Å². The van der Waals surface area contributed by atoms with Gasteiger partial charge in [0.05, 0.1) is 0 Å². The highest BCUT2D eigenvalue weighted by Gasteiger charge is 2.28. The molecule has 0 radical (unpaired) electrons. The van der Waals surface area contributed by atoms with Gasteiger partial charge in [0.2, 0.25) is 5.91 Å². The molecule has 1 aromatic rings. The summed E-state index contributed by atoms with van der Waals surface area (Å²) in [6.07, 6.45) is -1.24. The third-order valence-corrected chi connectivity index (χ3v) is 3.93. The molecule has 0 bridgehead atoms. The minimum absolute atomic E-state index is 0.0475. The fourth-order valence-corrected chi connectivity index (χ4v) is 2.83. The Hall–Kier alpha value is -1.63. The lowest BCUT2D eigenvalue weighted by molar-refractivity contribution is -0.175. The molecule has 23 heavy (non-hydrogen) atoms. The first-order valence-corrected chi connectivity index (χ1v) is 7.53. The maximum Gasteiger partial charge on any atom is 0.411 e. The van der Waals surface area contributed by atoms with Gasteiger partial charge in [-0.2, -0.15) is 13.2 Å². The van der Waals surface area contributed by atoms with Crippen LogP contribution in [0.1, 0.15) is 37.2 Å². The molecule has 0 atom stereocenters. The van der Waals surface area contributed by atoms with Crippen molar-refractivity contribution in [2.24, 2.45) is 0 Å². The van der Waals surface area contributed by atoms with Gasteiger partial charge in [-0.3, -0.25) is 4.79 Å². The largest absolute Gasteiger partial charge is 0.411 e. The monoisotopic (exact) mass is 333 g/mol. The number of hydrogen-bond acceptors (Lipinski definition) is 2. The number of halogens is 4. The highest BCUT2D eigenvalue weighted by atomic mass is 19.4. The minimum atomic E-state index is -4.42. The predicted molar refractivity (Wildman–Crippen MR) is 76.4 cm³/mol. The van der Waals surface area contributed by atoms with Gasteiger partial charge in [-0.05, 0) is 49.3 Å². The Morgan fingerprint density at radius 2 is 1.74 bits per heavy atom. The zero-order valence-corrected chi connectivity index (χ0v) is 12.5. The normalized spacial score (nSPS) is 21.9. The van der Waals surface area contributed by atoms with Crippen LogP contribution in [0.5, 0.6) is 0 Å². The molecule has 1 aromatic carbocycles. The van der Waals surface area contributed by atoms with Crippen molar-refractivity contribution in [3.05, 3.63) is 35.6 Å². The van der Waals surface area contributed by atoms with E-state index in [2.05, 4.69) is 10.1 Å². The Morgan fingerprint density at radius 1 is 1.13 bits per heavy atom. The highest BCUT2D eigenvalue weighted by Crippen LogP contribution is 2.32. The molecule has 7 heteroatoms. The van der Waals surface area contributed by atoms with E-state index in [0.29, 0.717) is 5.92 Å². The molecule has 0 aliphatic heterocycles. The van der Waals surface area contributed by atoms with E-state index >= 15 is 0 Å². The average molecular weight is 333 g/mol. The van der Waals surface area contributed by atoms with Gasteiger partial charge in [0, 0.05) is 6.04 Å². The van der Waals surface area contributed by atoms with E-state index in [1.165, 1.54) is 12.1 Å². The van der Waals surface area contributed by atoms with Crippen LogP contribution >= 0.6 is 0 Å². The second-order valence-corrected chi connectivity index (χ2v) is 5.78. The third kappa shape index (κ3) is 6.17. The van der Waals surface area contributed by atoms with Crippen LogP contribution in [-0.4, -0.2) is 31.3 Å². The number of rotatable bonds is 5. The van der Waals surface area contributed by atoms with Crippen molar-refractivity contribution in [1.82, 2.24) is 5.32 Å². The summed E-state index contributed by atoms with van der Waals surface area (Å²) in [6.45, 7) is -2.00. The van der Waals surface area contributed by atoms with E-state index in [4.69, 9.17) is 0 Å². The van der Waals surface area contributed by atoms with E-state index in [1.54, 1.807) is 12.1 Å². The van der Waals surface area contributed by atoms with Crippen LogP contribution < -0.4 is 5.32 Å². The molecular weight excluding hydrogens is 314 g/mol. The lowest BCUT2D eigenvalue weighted by Gasteiger charge is -2.29. The zero-order valence-electron chi connectivity index (χ0n) is 12.5. The van der Waals surface area contributed by atoms with E-state index < -0.39 is 25.3 Å². The SMILES string of the molecule is O=C(COCC(F)(F)F)NC1CCC(c2ccc(F)cc2)CC1. The van der Waals surface area contributed by atoms with Crippen molar-refractivity contribution < 1.29 is 27.1 Å². The summed E-state index contributed by atoms with van der Waals surface area (Å²) in [5.74, 6) is -0.474. The topological polar surface area (TPSA) is 38.3 Å². The minimum Gasteiger partial charge on any atom is -0.362 e. The summed E-state index contributed by atoms with van der Waals surface area (Å²) in [7, 11) is 0. The van der Waals surface area contributed by atoms with Gasteiger partial charge >= 0.3 is 6.18 Å². The van der Waals surface area contributed by atoms with Crippen LogP contribution in [0.15, 0.2) is 24.3 Å². The van der Waals surface area contributed by atoms with Crippen LogP contribution in [0.2, 0.25) is 0 Å². The maximum absolute atomic E-state index is 12.9. The molecule has 1 N–H and O–H groups in total. The van der Waals surface area contributed by atoms with E-state index in [1.807, 2.05) is 0 Å². The summed E-state index contributed by atoms with van der Waals surface area (Å²) in [5.41, 5.74) is 1.07. The molecule has 2 rings (SSSR count). The maximum atomic E-state index is 12.9. The third-order valence-electron chi connectivity index (χ3n) is 3.93. The first kappa shape index (κ1) is 17.7. The van der Waals surface area contributed by atoms with E-state index in [0.717, 1.165) is 31.2 Å². The predicted octanol–water partition coefficient (Wildman–Crippen LogP) is 3.55. The van der Waals surface area contributed by atoms with Crippen molar-refractivity contribution in [1.29, 1.82) is 0 Å². The Kier molecular flexibility index (Phi) is 5.98. The van der Waals surface area contributed by atoms with Crippen LogP contribution in [0.3, 0.4) is 0 Å². The lowest BCUT2D eigenvalue weighted by Crippen LogP contribution is -2.39. The number of nitrogens with one attached hydrogen (secondary N) is 1. The molecule has 1 aliphatic rings. The number of benzene rings is 1. The average Bonchev–Trinajstić information content (AvgIpc) is 2.47. The van der Waals surface area contributed by atoms with Gasteiger partial charge < -0.3 is 10.1 Å². The van der Waals surface area contributed by atoms with Crippen molar-refractivity contribution >= 4 is 5.91 Å². The van der Waals surface area contributed by atoms with Crippen LogP contribution in [0.25, 0.3) is 0 Å². The van der Waals surface area contributed by atoms with Gasteiger partial charge in [-0.15, -0.1) is 0 Å². The van der Waals surface area contributed by atoms with Gasteiger partial charge in [0.25, 0.3) is 0 Å². The fourth-order valence-electron chi connectivity index (χ4n) is 2.83. The van der Waals surface area contributed by atoms with Crippen LogP contribution in [-0.2, 0) is 9.53 Å². The second kappa shape index (κ2) is 7.77. The molecule has 0 aromatic heterocycles. The molecule has 0 heterocycles. The molecule has 0 unspecified atom stereocenters. The number of carbonyl (C=O) groups is 1. The molecule has 1 aliphatic carbocycles. The molecule has 0 saturated heterocycles. The molecular formula is C16H19F4NO2. The Bertz CT molecular complexity index is 508. The number of alkyl halides is 3. The summed E-state index contributed by atoms with van der Waals surface area (Å²) < 4.78 is 53.0. The zero-order chi connectivity index (χ0) is 16.9. The smallest absolute Gasteiger partial charge is 0.362 e. The van der Waals surface area contributed by atoms with Gasteiger partial charge in [0.15, 0.2) is 0 Å². The first-order chi connectivity index (χ1) is 10.8. The number of carbonyl (C=O) groups excluding carboxylic acids is 1. The van der Waals surface area contributed by atoms with E-state index in [9.17, 15) is 22.4 Å². The molecule has 1 saturated carbocycles. The van der Waals surface area contributed by atoms with E-state index in [-0.39, 0.29) is 11.9 Å². The number of hydrogen-bond donors (Lipinski definition) is 1. The van der Waals surface area contributed by atoms with Crippen LogP contribution in [0, 0.1) is 5.82 Å². The Balaban J connectivity index is 1.70. The Morgan fingerprint density at radius 3 is 2.30 bits per heavy atom. The van der Waals surface area contributed by atoms with Crippen molar-refractivity contribution in [2.75, 3.05) is 13.2 Å². The summed E-state index contributed by atoms with van der Waals surface area (Å²) >= 11 is 0. The summed E-state index contributed by atoms with van der Waals surface area (Å²) in [4.78, 5) is 11.5. The molecule has 0 spiro atoms. The molecule has 1 fully saturated rings. The van der Waals surface area contributed by atoms with Crippen molar-refractivity contribution in [2.45, 2.75) is 43.8 Å².